The summed E-state index contributed by atoms with van der Waals surface area (Å²) in [6, 6.07) is 4.05. The van der Waals surface area contributed by atoms with Crippen LogP contribution >= 0.6 is 12.2 Å². The number of halogens is 3. The summed E-state index contributed by atoms with van der Waals surface area (Å²) >= 11 is 5.33. The van der Waals surface area contributed by atoms with Gasteiger partial charge in [0.1, 0.15) is 0 Å². The first-order valence-corrected chi connectivity index (χ1v) is 7.40. The van der Waals surface area contributed by atoms with E-state index in [9.17, 15) is 13.2 Å². The van der Waals surface area contributed by atoms with Crippen molar-refractivity contribution in [3.05, 3.63) is 28.5 Å². The molecule has 6 heteroatoms. The fourth-order valence-corrected chi connectivity index (χ4v) is 3.65. The molecule has 0 bridgehead atoms. The number of nitrogens with one attached hydrogen (secondary N) is 1. The molecule has 1 N–H and O–H groups in total. The quantitative estimate of drug-likeness (QED) is 0.692. The average molecular weight is 314 g/mol. The average Bonchev–Trinajstić information content (AvgIpc) is 2.85. The Bertz CT molecular complexity index is 739. The summed E-state index contributed by atoms with van der Waals surface area (Å²) in [5.74, 6) is 0. The Hall–Kier alpha value is -1.30. The lowest BCUT2D eigenvalue weighted by Crippen LogP contribution is -2.09. The molecule has 1 fully saturated rings. The highest BCUT2D eigenvalue weighted by atomic mass is 32.1. The standard InChI is InChI=1S/C15H17F3N2S/c1-14(2)6-5-10(8-14)20-12-4-3-9(15(16,17)18)7-11(12)19-13(20)21/h3-4,7,10H,5-6,8H2,1-2H3,(H,19,21). The molecule has 2 nitrogen and oxygen atoms in total. The van der Waals surface area contributed by atoms with Gasteiger partial charge in [-0.1, -0.05) is 13.8 Å². The monoisotopic (exact) mass is 314 g/mol. The molecule has 1 aromatic heterocycles. The highest BCUT2D eigenvalue weighted by Crippen LogP contribution is 2.44. The van der Waals surface area contributed by atoms with Crippen molar-refractivity contribution in [2.45, 2.75) is 45.3 Å². The van der Waals surface area contributed by atoms with Crippen molar-refractivity contribution in [3.63, 3.8) is 0 Å². The van der Waals surface area contributed by atoms with Crippen molar-refractivity contribution in [1.82, 2.24) is 9.55 Å². The van der Waals surface area contributed by atoms with E-state index < -0.39 is 11.7 Å². The van der Waals surface area contributed by atoms with Crippen molar-refractivity contribution in [3.8, 4) is 0 Å². The summed E-state index contributed by atoms with van der Waals surface area (Å²) in [6.07, 6.45) is -1.22. The molecule has 1 aliphatic rings. The summed E-state index contributed by atoms with van der Waals surface area (Å²) in [7, 11) is 0. The molecule has 0 amide bonds. The second kappa shape index (κ2) is 4.60. The molecule has 1 heterocycles. The molecule has 1 aromatic carbocycles. The number of imidazole rings is 1. The first-order chi connectivity index (χ1) is 9.67. The fourth-order valence-electron chi connectivity index (χ4n) is 3.29. The van der Waals surface area contributed by atoms with Gasteiger partial charge in [-0.3, -0.25) is 0 Å². The van der Waals surface area contributed by atoms with E-state index in [1.54, 1.807) is 0 Å². The molecular formula is C15H17F3N2S. The summed E-state index contributed by atoms with van der Waals surface area (Å²) in [5.41, 5.74) is 0.829. The van der Waals surface area contributed by atoms with Gasteiger partial charge in [0.15, 0.2) is 4.77 Å². The van der Waals surface area contributed by atoms with Crippen LogP contribution in [-0.4, -0.2) is 9.55 Å². The molecule has 1 atom stereocenters. The van der Waals surface area contributed by atoms with Crippen LogP contribution in [0.4, 0.5) is 13.2 Å². The van der Waals surface area contributed by atoms with Crippen molar-refractivity contribution in [2.24, 2.45) is 5.41 Å². The summed E-state index contributed by atoms with van der Waals surface area (Å²) in [5, 5.41) is 0. The molecule has 2 aromatic rings. The third-order valence-electron chi connectivity index (χ3n) is 4.35. The predicted molar refractivity (Wildman–Crippen MR) is 78.8 cm³/mol. The number of hydrogen-bond donors (Lipinski definition) is 1. The van der Waals surface area contributed by atoms with E-state index in [1.807, 2.05) is 4.57 Å². The highest BCUT2D eigenvalue weighted by molar-refractivity contribution is 7.71. The van der Waals surface area contributed by atoms with Crippen LogP contribution in [0.15, 0.2) is 18.2 Å². The zero-order valence-electron chi connectivity index (χ0n) is 11.9. The largest absolute Gasteiger partial charge is 0.416 e. The minimum Gasteiger partial charge on any atom is -0.331 e. The van der Waals surface area contributed by atoms with Gasteiger partial charge in [-0.05, 0) is 55.1 Å². The van der Waals surface area contributed by atoms with Crippen LogP contribution in [0, 0.1) is 10.2 Å². The number of H-pyrrole nitrogens is 1. The highest BCUT2D eigenvalue weighted by Gasteiger charge is 2.34. The number of rotatable bonds is 1. The second-order valence-electron chi connectivity index (χ2n) is 6.59. The van der Waals surface area contributed by atoms with Crippen LogP contribution in [0.2, 0.25) is 0 Å². The van der Waals surface area contributed by atoms with E-state index in [1.165, 1.54) is 6.07 Å². The predicted octanol–water partition coefficient (Wildman–Crippen LogP) is 5.47. The van der Waals surface area contributed by atoms with Gasteiger partial charge in [-0.15, -0.1) is 0 Å². The van der Waals surface area contributed by atoms with Gasteiger partial charge in [-0.25, -0.2) is 0 Å². The van der Waals surface area contributed by atoms with Crippen LogP contribution in [0.5, 0.6) is 0 Å². The molecule has 0 saturated heterocycles. The molecule has 0 spiro atoms. The van der Waals surface area contributed by atoms with Crippen molar-refractivity contribution in [1.29, 1.82) is 0 Å². The molecule has 1 aliphatic carbocycles. The van der Waals surface area contributed by atoms with Crippen LogP contribution < -0.4 is 0 Å². The van der Waals surface area contributed by atoms with Crippen molar-refractivity contribution in [2.75, 3.05) is 0 Å². The van der Waals surface area contributed by atoms with Gasteiger partial charge >= 0.3 is 6.18 Å². The Labute approximate surface area is 126 Å². The van der Waals surface area contributed by atoms with Gasteiger partial charge < -0.3 is 9.55 Å². The number of fused-ring (bicyclic) bond motifs is 1. The Balaban J connectivity index is 2.09. The lowest BCUT2D eigenvalue weighted by Gasteiger charge is -2.18. The Morgan fingerprint density at radius 3 is 2.62 bits per heavy atom. The maximum atomic E-state index is 12.8. The van der Waals surface area contributed by atoms with Crippen LogP contribution in [-0.2, 0) is 6.18 Å². The molecule has 1 unspecified atom stereocenters. The molecule has 1 saturated carbocycles. The van der Waals surface area contributed by atoms with E-state index in [2.05, 4.69) is 18.8 Å². The van der Waals surface area contributed by atoms with Gasteiger partial charge in [0, 0.05) is 6.04 Å². The Morgan fingerprint density at radius 1 is 1.33 bits per heavy atom. The van der Waals surface area contributed by atoms with E-state index in [4.69, 9.17) is 12.2 Å². The number of nitrogens with zero attached hydrogens (tertiary/aromatic N) is 1. The smallest absolute Gasteiger partial charge is 0.331 e. The third kappa shape index (κ3) is 2.61. The summed E-state index contributed by atoms with van der Waals surface area (Å²) in [6.45, 7) is 4.43. The van der Waals surface area contributed by atoms with E-state index in [0.29, 0.717) is 10.3 Å². The molecular weight excluding hydrogens is 297 g/mol. The van der Waals surface area contributed by atoms with Crippen LogP contribution in [0.3, 0.4) is 0 Å². The zero-order chi connectivity index (χ0) is 15.4. The minimum absolute atomic E-state index is 0.259. The van der Waals surface area contributed by atoms with Gasteiger partial charge in [-0.2, -0.15) is 13.2 Å². The maximum absolute atomic E-state index is 12.8. The number of alkyl halides is 3. The zero-order valence-corrected chi connectivity index (χ0v) is 12.7. The van der Waals surface area contributed by atoms with E-state index in [-0.39, 0.29) is 11.5 Å². The first kappa shape index (κ1) is 14.6. The van der Waals surface area contributed by atoms with Crippen molar-refractivity contribution < 1.29 is 13.2 Å². The molecule has 114 valence electrons. The van der Waals surface area contributed by atoms with E-state index >= 15 is 0 Å². The molecule has 0 radical (unpaired) electrons. The molecule has 21 heavy (non-hydrogen) atoms. The number of aromatic nitrogens is 2. The Morgan fingerprint density at radius 2 is 2.05 bits per heavy atom. The lowest BCUT2D eigenvalue weighted by molar-refractivity contribution is -0.137. The summed E-state index contributed by atoms with van der Waals surface area (Å²) < 4.78 is 40.8. The fraction of sp³-hybridized carbons (Fsp3) is 0.533. The molecule has 3 rings (SSSR count). The number of benzene rings is 1. The number of hydrogen-bond acceptors (Lipinski definition) is 1. The first-order valence-electron chi connectivity index (χ1n) is 6.99. The van der Waals surface area contributed by atoms with Crippen molar-refractivity contribution >= 4 is 23.3 Å². The Kier molecular flexibility index (Phi) is 3.20. The SMILES string of the molecule is CC1(C)CCC(n2c(=S)[nH]c3cc(C(F)(F)F)ccc32)C1. The van der Waals surface area contributed by atoms with Gasteiger partial charge in [0.25, 0.3) is 0 Å². The summed E-state index contributed by atoms with van der Waals surface area (Å²) in [4.78, 5) is 2.92. The maximum Gasteiger partial charge on any atom is 0.416 e. The molecule has 0 aliphatic heterocycles. The van der Waals surface area contributed by atoms with Gasteiger partial charge in [0.2, 0.25) is 0 Å². The normalized spacial score (nSPS) is 22.0. The minimum atomic E-state index is -4.33. The third-order valence-corrected chi connectivity index (χ3v) is 4.65. The van der Waals surface area contributed by atoms with E-state index in [0.717, 1.165) is 36.9 Å². The number of aromatic amines is 1. The second-order valence-corrected chi connectivity index (χ2v) is 6.98. The van der Waals surface area contributed by atoms with Crippen LogP contribution in [0.1, 0.15) is 44.7 Å². The topological polar surface area (TPSA) is 20.7 Å². The van der Waals surface area contributed by atoms with Gasteiger partial charge in [0.05, 0.1) is 16.6 Å². The van der Waals surface area contributed by atoms with Crippen LogP contribution in [0.25, 0.3) is 11.0 Å². The lowest BCUT2D eigenvalue weighted by atomic mass is 9.92.